The second kappa shape index (κ2) is 7.01. The zero-order chi connectivity index (χ0) is 15.4. The largest absolute Gasteiger partial charge is 0.352 e. The van der Waals surface area contributed by atoms with E-state index in [9.17, 15) is 4.79 Å². The third-order valence-electron chi connectivity index (χ3n) is 3.93. The molecule has 0 aliphatic heterocycles. The molecule has 2 aromatic rings. The number of benzene rings is 2. The maximum absolute atomic E-state index is 12.6. The van der Waals surface area contributed by atoms with Crippen LogP contribution in [-0.4, -0.2) is 11.9 Å². The molecule has 1 amide bonds. The van der Waals surface area contributed by atoms with Crippen molar-refractivity contribution in [1.82, 2.24) is 5.32 Å². The van der Waals surface area contributed by atoms with Crippen LogP contribution in [0.5, 0.6) is 0 Å². The van der Waals surface area contributed by atoms with E-state index in [0.29, 0.717) is 6.04 Å². The Morgan fingerprint density at radius 3 is 2.50 bits per heavy atom. The summed E-state index contributed by atoms with van der Waals surface area (Å²) in [4.78, 5) is 12.6. The van der Waals surface area contributed by atoms with E-state index in [-0.39, 0.29) is 11.2 Å². The average molecular weight is 311 g/mol. The van der Waals surface area contributed by atoms with Gasteiger partial charge in [0.2, 0.25) is 5.91 Å². The van der Waals surface area contributed by atoms with Crippen LogP contribution in [0.3, 0.4) is 0 Å². The summed E-state index contributed by atoms with van der Waals surface area (Å²) in [6.07, 6.45) is 2.24. The van der Waals surface area contributed by atoms with E-state index >= 15 is 0 Å². The van der Waals surface area contributed by atoms with Crippen molar-refractivity contribution in [3.8, 4) is 0 Å². The first-order chi connectivity index (χ1) is 10.7. The second-order valence-electron chi connectivity index (χ2n) is 5.81. The van der Waals surface area contributed by atoms with Gasteiger partial charge in [-0.2, -0.15) is 0 Å². The number of carbonyl (C=O) groups is 1. The van der Waals surface area contributed by atoms with Crippen LogP contribution in [0, 0.1) is 6.92 Å². The predicted octanol–water partition coefficient (Wildman–Crippen LogP) is 4.25. The molecule has 1 aliphatic carbocycles. The van der Waals surface area contributed by atoms with Crippen molar-refractivity contribution in [1.29, 1.82) is 0 Å². The normalized spacial score (nSPS) is 15.3. The van der Waals surface area contributed by atoms with Gasteiger partial charge in [-0.25, -0.2) is 0 Å². The Morgan fingerprint density at radius 2 is 1.82 bits per heavy atom. The summed E-state index contributed by atoms with van der Waals surface area (Å²) in [7, 11) is 0. The van der Waals surface area contributed by atoms with Gasteiger partial charge >= 0.3 is 0 Å². The minimum absolute atomic E-state index is 0.138. The lowest BCUT2D eigenvalue weighted by atomic mass is 10.1. The van der Waals surface area contributed by atoms with Crippen molar-refractivity contribution in [2.75, 3.05) is 0 Å². The van der Waals surface area contributed by atoms with Crippen LogP contribution in [0.2, 0.25) is 0 Å². The van der Waals surface area contributed by atoms with E-state index in [0.717, 1.165) is 24.2 Å². The molecule has 2 nitrogen and oxygen atoms in total. The summed E-state index contributed by atoms with van der Waals surface area (Å²) in [6, 6.07) is 18.9. The molecule has 0 saturated heterocycles. The van der Waals surface area contributed by atoms with Crippen LogP contribution in [0.15, 0.2) is 54.6 Å². The highest BCUT2D eigenvalue weighted by Crippen LogP contribution is 2.33. The summed E-state index contributed by atoms with van der Waals surface area (Å²) >= 11 is 1.71. The summed E-state index contributed by atoms with van der Waals surface area (Å²) in [6.45, 7) is 2.12. The zero-order valence-corrected chi connectivity index (χ0v) is 13.6. The van der Waals surface area contributed by atoms with Crippen LogP contribution in [-0.2, 0) is 10.5 Å². The van der Waals surface area contributed by atoms with Crippen LogP contribution in [0.25, 0.3) is 0 Å². The van der Waals surface area contributed by atoms with Crippen LogP contribution in [0.1, 0.15) is 34.8 Å². The summed E-state index contributed by atoms with van der Waals surface area (Å²) in [5.41, 5.74) is 3.66. The fourth-order valence-corrected chi connectivity index (χ4v) is 3.64. The van der Waals surface area contributed by atoms with Gasteiger partial charge in [0.15, 0.2) is 0 Å². The second-order valence-corrected chi connectivity index (χ2v) is 6.90. The highest BCUT2D eigenvalue weighted by Gasteiger charge is 2.28. The number of hydrogen-bond acceptors (Lipinski definition) is 2. The Bertz CT molecular complexity index is 637. The SMILES string of the molecule is Cc1ccccc1CS[C@H](C(=O)NC1CC1)c1ccccc1. The number of hydrogen-bond donors (Lipinski definition) is 1. The van der Waals surface area contributed by atoms with E-state index in [1.54, 1.807) is 11.8 Å². The van der Waals surface area contributed by atoms with Gasteiger partial charge in [-0.05, 0) is 36.5 Å². The third-order valence-corrected chi connectivity index (χ3v) is 5.23. The summed E-state index contributed by atoms with van der Waals surface area (Å²) in [5, 5.41) is 3.01. The maximum Gasteiger partial charge on any atom is 0.237 e. The standard InChI is InChI=1S/C19H21NOS/c1-14-7-5-6-10-16(14)13-22-18(15-8-3-2-4-9-15)19(21)20-17-11-12-17/h2-10,17-18H,11-13H2,1H3,(H,20,21)/t18-/m0/s1. The van der Waals surface area contributed by atoms with Gasteiger partial charge < -0.3 is 5.32 Å². The molecule has 22 heavy (non-hydrogen) atoms. The first-order valence-corrected chi connectivity index (χ1v) is 8.80. The van der Waals surface area contributed by atoms with E-state index < -0.39 is 0 Å². The minimum Gasteiger partial charge on any atom is -0.352 e. The fraction of sp³-hybridized carbons (Fsp3) is 0.316. The lowest BCUT2D eigenvalue weighted by molar-refractivity contribution is -0.120. The Balaban J connectivity index is 1.73. The molecular formula is C19H21NOS. The molecule has 114 valence electrons. The van der Waals surface area contributed by atoms with Crippen LogP contribution < -0.4 is 5.32 Å². The predicted molar refractivity (Wildman–Crippen MR) is 92.8 cm³/mol. The number of nitrogens with one attached hydrogen (secondary N) is 1. The molecule has 1 atom stereocenters. The highest BCUT2D eigenvalue weighted by atomic mass is 32.2. The topological polar surface area (TPSA) is 29.1 Å². The Labute approximate surface area is 136 Å². The van der Waals surface area contributed by atoms with Crippen LogP contribution >= 0.6 is 11.8 Å². The van der Waals surface area contributed by atoms with Crippen molar-refractivity contribution in [2.45, 2.75) is 36.8 Å². The monoisotopic (exact) mass is 311 g/mol. The number of amides is 1. The minimum atomic E-state index is -0.138. The van der Waals surface area contributed by atoms with Gasteiger partial charge in [-0.15, -0.1) is 11.8 Å². The maximum atomic E-state index is 12.6. The molecule has 1 aliphatic rings. The van der Waals surface area contributed by atoms with Crippen molar-refractivity contribution in [2.24, 2.45) is 0 Å². The van der Waals surface area contributed by atoms with Crippen molar-refractivity contribution >= 4 is 17.7 Å². The first kappa shape index (κ1) is 15.2. The molecule has 0 bridgehead atoms. The van der Waals surface area contributed by atoms with Gasteiger partial charge in [0.1, 0.15) is 5.25 Å². The number of aryl methyl sites for hydroxylation is 1. The first-order valence-electron chi connectivity index (χ1n) is 7.75. The Hall–Kier alpha value is -1.74. The molecule has 1 N–H and O–H groups in total. The summed E-state index contributed by atoms with van der Waals surface area (Å²) in [5.74, 6) is 0.997. The number of thioether (sulfide) groups is 1. The van der Waals surface area contributed by atoms with Gasteiger partial charge in [-0.1, -0.05) is 54.6 Å². The van der Waals surface area contributed by atoms with Gasteiger partial charge in [0.05, 0.1) is 0 Å². The lowest BCUT2D eigenvalue weighted by Crippen LogP contribution is -2.29. The average Bonchev–Trinajstić information content (AvgIpc) is 3.34. The van der Waals surface area contributed by atoms with E-state index in [2.05, 4.69) is 36.5 Å². The molecule has 0 heterocycles. The van der Waals surface area contributed by atoms with Crippen molar-refractivity contribution in [3.63, 3.8) is 0 Å². The molecule has 3 heteroatoms. The quantitative estimate of drug-likeness (QED) is 0.864. The molecule has 0 unspecified atom stereocenters. The fourth-order valence-electron chi connectivity index (χ4n) is 2.40. The molecule has 0 aromatic heterocycles. The third kappa shape index (κ3) is 3.92. The Morgan fingerprint density at radius 1 is 1.14 bits per heavy atom. The smallest absolute Gasteiger partial charge is 0.237 e. The molecule has 0 spiro atoms. The molecule has 1 fully saturated rings. The van der Waals surface area contributed by atoms with Gasteiger partial charge in [-0.3, -0.25) is 4.79 Å². The molecule has 0 radical (unpaired) electrons. The number of carbonyl (C=O) groups excluding carboxylic acids is 1. The lowest BCUT2D eigenvalue weighted by Gasteiger charge is -2.17. The van der Waals surface area contributed by atoms with E-state index in [4.69, 9.17) is 0 Å². The Kier molecular flexibility index (Phi) is 4.84. The number of rotatable bonds is 6. The van der Waals surface area contributed by atoms with Crippen molar-refractivity contribution in [3.05, 3.63) is 71.3 Å². The van der Waals surface area contributed by atoms with E-state index in [1.165, 1.54) is 11.1 Å². The molecule has 3 rings (SSSR count). The van der Waals surface area contributed by atoms with Crippen molar-refractivity contribution < 1.29 is 4.79 Å². The zero-order valence-electron chi connectivity index (χ0n) is 12.8. The highest BCUT2D eigenvalue weighted by molar-refractivity contribution is 7.99. The molecular weight excluding hydrogens is 290 g/mol. The molecule has 1 saturated carbocycles. The van der Waals surface area contributed by atoms with E-state index in [1.807, 2.05) is 30.3 Å². The van der Waals surface area contributed by atoms with Gasteiger partial charge in [0.25, 0.3) is 0 Å². The molecule has 2 aromatic carbocycles. The van der Waals surface area contributed by atoms with Gasteiger partial charge in [0, 0.05) is 11.8 Å². The summed E-state index contributed by atoms with van der Waals surface area (Å²) < 4.78 is 0. The van der Waals surface area contributed by atoms with Crippen LogP contribution in [0.4, 0.5) is 0 Å².